The molecule has 0 heterocycles. The van der Waals surface area contributed by atoms with Crippen molar-refractivity contribution in [3.8, 4) is 0 Å². The number of rotatable bonds is 4. The molecular formula is C12H28N2O. The van der Waals surface area contributed by atoms with Crippen LogP contribution in [0.3, 0.4) is 0 Å². The maximum atomic E-state index is 4.63. The summed E-state index contributed by atoms with van der Waals surface area (Å²) in [4.78, 5) is 0. The maximum absolute atomic E-state index is 4.63. The van der Waals surface area contributed by atoms with Gasteiger partial charge < -0.3 is 9.75 Å². The van der Waals surface area contributed by atoms with Crippen LogP contribution in [0.1, 0.15) is 27.7 Å². The molecule has 0 aromatic heterocycles. The Morgan fingerprint density at radius 1 is 1.13 bits per heavy atom. The average molecular weight is 216 g/mol. The Morgan fingerprint density at radius 2 is 1.47 bits per heavy atom. The zero-order chi connectivity index (χ0) is 13.1. The van der Waals surface area contributed by atoms with Gasteiger partial charge in [-0.3, -0.25) is 0 Å². The number of ether oxygens (including phenoxy) is 1. The highest BCUT2D eigenvalue weighted by molar-refractivity contribution is 5.22. The van der Waals surface area contributed by atoms with Crippen molar-refractivity contribution in [3.63, 3.8) is 0 Å². The summed E-state index contributed by atoms with van der Waals surface area (Å²) in [5.41, 5.74) is 0. The third kappa shape index (κ3) is 105. The minimum absolute atomic E-state index is 0.559. The SMILES string of the molecule is C=CCOC=C.C=NN(C)C.CC.CC. The van der Waals surface area contributed by atoms with Crippen LogP contribution in [0.5, 0.6) is 0 Å². The zero-order valence-corrected chi connectivity index (χ0v) is 11.3. The molecule has 15 heavy (non-hydrogen) atoms. The van der Waals surface area contributed by atoms with Gasteiger partial charge in [0.05, 0.1) is 6.26 Å². The van der Waals surface area contributed by atoms with E-state index < -0.39 is 0 Å². The molecule has 0 bridgehead atoms. The maximum Gasteiger partial charge on any atom is 0.105 e. The molecule has 0 aromatic rings. The molecule has 0 N–H and O–H groups in total. The molecule has 0 aliphatic carbocycles. The van der Waals surface area contributed by atoms with Gasteiger partial charge in [0.2, 0.25) is 0 Å². The molecule has 0 aromatic carbocycles. The van der Waals surface area contributed by atoms with Crippen LogP contribution in [-0.2, 0) is 4.74 Å². The van der Waals surface area contributed by atoms with Crippen molar-refractivity contribution >= 4 is 6.72 Å². The Labute approximate surface area is 96.1 Å². The summed E-state index contributed by atoms with van der Waals surface area (Å²) in [6.45, 7) is 18.5. The van der Waals surface area contributed by atoms with Gasteiger partial charge in [-0.2, -0.15) is 5.10 Å². The predicted octanol–water partition coefficient (Wildman–Crippen LogP) is 3.55. The first kappa shape index (κ1) is 23.5. The van der Waals surface area contributed by atoms with Crippen LogP contribution in [0.4, 0.5) is 0 Å². The van der Waals surface area contributed by atoms with Crippen LogP contribution in [0.15, 0.2) is 30.6 Å². The second kappa shape index (κ2) is 38.6. The van der Waals surface area contributed by atoms with Gasteiger partial charge >= 0.3 is 0 Å². The molecule has 0 aliphatic heterocycles. The molecule has 0 saturated heterocycles. The van der Waals surface area contributed by atoms with Crippen molar-refractivity contribution in [2.75, 3.05) is 20.7 Å². The highest BCUT2D eigenvalue weighted by Crippen LogP contribution is 1.69. The lowest BCUT2D eigenvalue weighted by Gasteiger charge is -1.97. The third-order valence-corrected chi connectivity index (χ3v) is 0.615. The van der Waals surface area contributed by atoms with E-state index in [-0.39, 0.29) is 0 Å². The Hall–Kier alpha value is -1.25. The molecule has 3 nitrogen and oxygen atoms in total. The van der Waals surface area contributed by atoms with Gasteiger partial charge in [0.1, 0.15) is 6.61 Å². The predicted molar refractivity (Wildman–Crippen MR) is 72.3 cm³/mol. The van der Waals surface area contributed by atoms with Crippen LogP contribution in [0, 0.1) is 0 Å². The number of nitrogens with zero attached hydrogens (tertiary/aromatic N) is 2. The van der Waals surface area contributed by atoms with E-state index in [4.69, 9.17) is 0 Å². The monoisotopic (exact) mass is 216 g/mol. The highest BCUT2D eigenvalue weighted by Gasteiger charge is 1.62. The molecule has 0 amide bonds. The van der Waals surface area contributed by atoms with Gasteiger partial charge in [0.15, 0.2) is 0 Å². The summed E-state index contributed by atoms with van der Waals surface area (Å²) in [6.07, 6.45) is 3.06. The molecular weight excluding hydrogens is 188 g/mol. The largest absolute Gasteiger partial charge is 0.498 e. The first-order valence-corrected chi connectivity index (χ1v) is 5.16. The van der Waals surface area contributed by atoms with E-state index in [1.165, 1.54) is 6.26 Å². The number of hydrogen-bond donors (Lipinski definition) is 0. The Kier molecular flexibility index (Phi) is 60.6. The molecule has 0 spiro atoms. The number of hydrazone groups is 1. The lowest BCUT2D eigenvalue weighted by atomic mass is 10.7. The molecule has 0 atom stereocenters. The summed E-state index contributed by atoms with van der Waals surface area (Å²) in [6, 6.07) is 0. The first-order valence-electron chi connectivity index (χ1n) is 5.16. The summed E-state index contributed by atoms with van der Waals surface area (Å²) >= 11 is 0. The molecule has 0 unspecified atom stereocenters. The Morgan fingerprint density at radius 3 is 1.53 bits per heavy atom. The zero-order valence-electron chi connectivity index (χ0n) is 11.3. The second-order valence-electron chi connectivity index (χ2n) is 1.78. The molecule has 0 aliphatic rings. The summed E-state index contributed by atoms with van der Waals surface area (Å²) in [5.74, 6) is 0. The van der Waals surface area contributed by atoms with Gasteiger partial charge in [0.25, 0.3) is 0 Å². The van der Waals surface area contributed by atoms with Crippen molar-refractivity contribution in [1.29, 1.82) is 0 Å². The van der Waals surface area contributed by atoms with Gasteiger partial charge in [-0.1, -0.05) is 46.9 Å². The van der Waals surface area contributed by atoms with Crippen LogP contribution in [-0.4, -0.2) is 32.4 Å². The summed E-state index contributed by atoms with van der Waals surface area (Å²) < 4.78 is 4.63. The van der Waals surface area contributed by atoms with Crippen molar-refractivity contribution in [2.45, 2.75) is 27.7 Å². The van der Waals surface area contributed by atoms with E-state index in [0.29, 0.717) is 6.61 Å². The highest BCUT2D eigenvalue weighted by atomic mass is 16.5. The standard InChI is InChI=1S/C5H8O.C3H8N2.2C2H6/c1-3-5-6-4-2;1-4-5(2)3;2*1-2/h3-4H,1-2,5H2;1H2,2-3H3;2*1-2H3. The van der Waals surface area contributed by atoms with E-state index >= 15 is 0 Å². The lowest BCUT2D eigenvalue weighted by Crippen LogP contribution is -1.98. The van der Waals surface area contributed by atoms with Crippen LogP contribution in [0.2, 0.25) is 0 Å². The Bertz CT molecular complexity index is 104. The fraction of sp³-hybridized carbons (Fsp3) is 0.583. The normalized spacial score (nSPS) is 5.73. The van der Waals surface area contributed by atoms with E-state index in [1.807, 2.05) is 41.8 Å². The second-order valence-corrected chi connectivity index (χ2v) is 1.78. The quantitative estimate of drug-likeness (QED) is 0.236. The van der Waals surface area contributed by atoms with Crippen LogP contribution >= 0.6 is 0 Å². The molecule has 0 rings (SSSR count). The minimum Gasteiger partial charge on any atom is -0.498 e. The first-order chi connectivity index (χ1) is 7.18. The topological polar surface area (TPSA) is 24.8 Å². The van der Waals surface area contributed by atoms with E-state index in [9.17, 15) is 0 Å². The van der Waals surface area contributed by atoms with Crippen molar-refractivity contribution in [2.24, 2.45) is 5.10 Å². The van der Waals surface area contributed by atoms with Gasteiger partial charge in [-0.25, -0.2) is 0 Å². The minimum atomic E-state index is 0.559. The van der Waals surface area contributed by atoms with E-state index in [0.717, 1.165) is 0 Å². The van der Waals surface area contributed by atoms with E-state index in [1.54, 1.807) is 11.1 Å². The summed E-state index contributed by atoms with van der Waals surface area (Å²) in [5, 5.41) is 5.11. The van der Waals surface area contributed by atoms with Crippen LogP contribution in [0.25, 0.3) is 0 Å². The fourth-order valence-electron chi connectivity index (χ4n) is 0.136. The molecule has 0 radical (unpaired) electrons. The Balaban J connectivity index is -0.0000000610. The van der Waals surface area contributed by atoms with Crippen molar-refractivity contribution < 1.29 is 4.74 Å². The molecule has 0 saturated carbocycles. The molecule has 3 heteroatoms. The average Bonchev–Trinajstić information content (AvgIpc) is 2.32. The molecule has 92 valence electrons. The fourth-order valence-corrected chi connectivity index (χ4v) is 0.136. The molecule has 0 fully saturated rings. The van der Waals surface area contributed by atoms with Crippen molar-refractivity contribution in [3.05, 3.63) is 25.5 Å². The lowest BCUT2D eigenvalue weighted by molar-refractivity contribution is 0.291. The number of hydrogen-bond acceptors (Lipinski definition) is 3. The van der Waals surface area contributed by atoms with E-state index in [2.05, 4.69) is 29.7 Å². The third-order valence-electron chi connectivity index (χ3n) is 0.615. The smallest absolute Gasteiger partial charge is 0.105 e. The van der Waals surface area contributed by atoms with Gasteiger partial charge in [-0.15, -0.1) is 0 Å². The van der Waals surface area contributed by atoms with Gasteiger partial charge in [-0.05, 0) is 0 Å². The van der Waals surface area contributed by atoms with Crippen molar-refractivity contribution in [1.82, 2.24) is 5.01 Å². The van der Waals surface area contributed by atoms with Gasteiger partial charge in [0, 0.05) is 20.8 Å². The summed E-state index contributed by atoms with van der Waals surface area (Å²) in [7, 11) is 3.65. The van der Waals surface area contributed by atoms with Crippen LogP contribution < -0.4 is 0 Å².